The Hall–Kier alpha value is 0.430. The van der Waals surface area contributed by atoms with Gasteiger partial charge in [0.25, 0.3) is 0 Å². The summed E-state index contributed by atoms with van der Waals surface area (Å²) in [4.78, 5) is 0. The van der Waals surface area contributed by atoms with Crippen molar-refractivity contribution in [1.29, 1.82) is 0 Å². The minimum absolute atomic E-state index is 0.660. The van der Waals surface area contributed by atoms with E-state index >= 15 is 0 Å². The Balaban J connectivity index is 1.71. The number of hydrogen-bond donors (Lipinski definition) is 0. The first-order valence-electron chi connectivity index (χ1n) is 6.42. The van der Waals surface area contributed by atoms with Crippen LogP contribution in [0.5, 0.6) is 0 Å². The first-order valence-corrected chi connectivity index (χ1v) is 8.73. The molecule has 0 spiro atoms. The van der Waals surface area contributed by atoms with Crippen LogP contribution in [0.15, 0.2) is 0 Å². The van der Waals surface area contributed by atoms with Crippen LogP contribution in [0, 0.1) is 0 Å². The van der Waals surface area contributed by atoms with E-state index in [1.807, 2.05) is 0 Å². The Morgan fingerprint density at radius 1 is 0.462 bits per heavy atom. The van der Waals surface area contributed by atoms with Crippen molar-refractivity contribution in [1.82, 2.24) is 0 Å². The molecule has 4 aliphatic rings. The monoisotopic (exact) mass is 196 g/mol. The molecule has 1 heteroatoms. The van der Waals surface area contributed by atoms with Crippen LogP contribution in [0.2, 0.25) is 0 Å². The van der Waals surface area contributed by atoms with Gasteiger partial charge in [-0.05, 0) is 0 Å². The maximum absolute atomic E-state index is 1.66. The number of rotatable bonds is 4. The van der Waals surface area contributed by atoms with Gasteiger partial charge in [0, 0.05) is 0 Å². The summed E-state index contributed by atoms with van der Waals surface area (Å²) < 4.78 is 0. The van der Waals surface area contributed by atoms with Gasteiger partial charge in [-0.15, -0.1) is 0 Å². The Morgan fingerprint density at radius 2 is 0.692 bits per heavy atom. The van der Waals surface area contributed by atoms with Crippen LogP contribution >= 0.6 is 7.26 Å². The van der Waals surface area contributed by atoms with Gasteiger partial charge in [-0.2, -0.15) is 0 Å². The van der Waals surface area contributed by atoms with Gasteiger partial charge in [-0.25, -0.2) is 0 Å². The molecule has 0 N–H and O–H groups in total. The molecule has 0 aromatic heterocycles. The molecular weight excluding hydrogens is 175 g/mol. The zero-order valence-corrected chi connectivity index (χ0v) is 9.47. The molecule has 0 unspecified atom stereocenters. The summed E-state index contributed by atoms with van der Waals surface area (Å²) in [7, 11) is -0.660. The van der Waals surface area contributed by atoms with Crippen molar-refractivity contribution in [2.24, 2.45) is 0 Å². The van der Waals surface area contributed by atoms with Crippen molar-refractivity contribution in [3.63, 3.8) is 0 Å². The van der Waals surface area contributed by atoms with Crippen molar-refractivity contribution in [2.75, 3.05) is 0 Å². The van der Waals surface area contributed by atoms with Crippen LogP contribution in [-0.2, 0) is 0 Å². The van der Waals surface area contributed by atoms with Crippen molar-refractivity contribution in [3.05, 3.63) is 0 Å². The molecule has 0 nitrogen and oxygen atoms in total. The summed E-state index contributed by atoms with van der Waals surface area (Å²) >= 11 is 0. The predicted octanol–water partition coefficient (Wildman–Crippen LogP) is 3.39. The summed E-state index contributed by atoms with van der Waals surface area (Å²) in [5.74, 6) is 0. The second-order valence-electron chi connectivity index (χ2n) is 6.10. The summed E-state index contributed by atoms with van der Waals surface area (Å²) in [5.41, 5.74) is 5.39. The Kier molecular flexibility index (Phi) is 1.37. The van der Waals surface area contributed by atoms with E-state index in [1.54, 1.807) is 51.4 Å². The molecule has 74 valence electrons. The molecular formula is C12H21P. The van der Waals surface area contributed by atoms with Gasteiger partial charge in [0.2, 0.25) is 0 Å². The van der Waals surface area contributed by atoms with Crippen molar-refractivity contribution < 1.29 is 0 Å². The van der Waals surface area contributed by atoms with Gasteiger partial charge in [-0.1, -0.05) is 0 Å². The van der Waals surface area contributed by atoms with E-state index in [1.165, 1.54) is 22.6 Å². The zero-order chi connectivity index (χ0) is 8.47. The van der Waals surface area contributed by atoms with Crippen LogP contribution in [0.1, 0.15) is 51.4 Å². The van der Waals surface area contributed by atoms with Gasteiger partial charge in [0.05, 0.1) is 0 Å². The molecule has 4 aliphatic carbocycles. The Morgan fingerprint density at radius 3 is 0.846 bits per heavy atom. The van der Waals surface area contributed by atoms with Crippen LogP contribution in [-0.4, -0.2) is 22.6 Å². The van der Waals surface area contributed by atoms with Crippen LogP contribution in [0.4, 0.5) is 0 Å². The first-order chi connectivity index (χ1) is 6.42. The van der Waals surface area contributed by atoms with Gasteiger partial charge in [0.1, 0.15) is 0 Å². The van der Waals surface area contributed by atoms with Crippen molar-refractivity contribution >= 4 is 7.26 Å². The topological polar surface area (TPSA) is 0 Å². The third kappa shape index (κ3) is 1.02. The van der Waals surface area contributed by atoms with Gasteiger partial charge in [-0.3, -0.25) is 0 Å². The van der Waals surface area contributed by atoms with Crippen molar-refractivity contribution in [3.8, 4) is 0 Å². The molecule has 0 aromatic rings. The fourth-order valence-electron chi connectivity index (χ4n) is 4.33. The standard InChI is InChI=1S/C12H21P/c1-2-9(1)13(10-3-4-10,11-5-6-11)12-7-8-12/h9-13H,1-8H2. The Labute approximate surface area is 81.8 Å². The molecule has 0 radical (unpaired) electrons. The van der Waals surface area contributed by atoms with E-state index < -0.39 is 7.26 Å². The SMILES string of the molecule is C1CC1[PH](C1CC1)(C1CC1)C1CC1. The summed E-state index contributed by atoms with van der Waals surface area (Å²) in [6.45, 7) is 0. The van der Waals surface area contributed by atoms with Gasteiger partial charge >= 0.3 is 81.3 Å². The molecule has 0 aromatic carbocycles. The third-order valence-electron chi connectivity index (χ3n) is 5.14. The van der Waals surface area contributed by atoms with E-state index in [2.05, 4.69) is 0 Å². The average Bonchev–Trinajstić information content (AvgIpc) is 3.00. The maximum atomic E-state index is 1.66. The summed E-state index contributed by atoms with van der Waals surface area (Å²) in [6, 6.07) is 0. The second-order valence-corrected chi connectivity index (χ2v) is 11.4. The molecule has 4 saturated carbocycles. The molecule has 0 amide bonds. The molecule has 0 heterocycles. The van der Waals surface area contributed by atoms with Gasteiger partial charge in [0.15, 0.2) is 0 Å². The third-order valence-corrected chi connectivity index (χ3v) is 13.1. The predicted molar refractivity (Wildman–Crippen MR) is 60.4 cm³/mol. The quantitative estimate of drug-likeness (QED) is 0.605. The van der Waals surface area contributed by atoms with E-state index in [0.717, 1.165) is 0 Å². The number of hydrogen-bond acceptors (Lipinski definition) is 0. The zero-order valence-electron chi connectivity index (χ0n) is 8.47. The average molecular weight is 196 g/mol. The Bertz CT molecular complexity index is 178. The normalized spacial score (nSPS) is 36.3. The molecule has 0 saturated heterocycles. The summed E-state index contributed by atoms with van der Waals surface area (Å²) in [6.07, 6.45) is 13.3. The molecule has 0 aliphatic heterocycles. The first kappa shape index (κ1) is 7.69. The van der Waals surface area contributed by atoms with E-state index in [9.17, 15) is 0 Å². The fraction of sp³-hybridized carbons (Fsp3) is 1.00. The van der Waals surface area contributed by atoms with Crippen LogP contribution in [0.25, 0.3) is 0 Å². The van der Waals surface area contributed by atoms with E-state index in [-0.39, 0.29) is 0 Å². The molecule has 4 rings (SSSR count). The summed E-state index contributed by atoms with van der Waals surface area (Å²) in [5, 5.41) is 0. The minimum atomic E-state index is -0.660. The molecule has 4 fully saturated rings. The molecule has 0 bridgehead atoms. The van der Waals surface area contributed by atoms with Gasteiger partial charge < -0.3 is 0 Å². The van der Waals surface area contributed by atoms with E-state index in [0.29, 0.717) is 0 Å². The van der Waals surface area contributed by atoms with E-state index in [4.69, 9.17) is 0 Å². The van der Waals surface area contributed by atoms with Crippen molar-refractivity contribution in [2.45, 2.75) is 74.0 Å². The molecule has 13 heavy (non-hydrogen) atoms. The van der Waals surface area contributed by atoms with Crippen LogP contribution in [0.3, 0.4) is 0 Å². The fourth-order valence-corrected chi connectivity index (χ4v) is 13.0. The van der Waals surface area contributed by atoms with Crippen LogP contribution < -0.4 is 0 Å². The molecule has 0 atom stereocenters. The second kappa shape index (κ2) is 2.32.